The van der Waals surface area contributed by atoms with E-state index in [0.717, 1.165) is 77.9 Å². The highest BCUT2D eigenvalue weighted by Gasteiger charge is 2.25. The molecule has 8 aromatic rings. The van der Waals surface area contributed by atoms with Crippen LogP contribution in [0.25, 0.3) is 72.7 Å². The van der Waals surface area contributed by atoms with E-state index in [4.69, 9.17) is 19.6 Å². The molecule has 2 aromatic heterocycles. The fourth-order valence-electron chi connectivity index (χ4n) is 8.34. The van der Waals surface area contributed by atoms with Crippen molar-refractivity contribution >= 4 is 11.0 Å². The minimum absolute atomic E-state index is 0.0427. The van der Waals surface area contributed by atoms with Crippen LogP contribution in [0.15, 0.2) is 133 Å². The molecular weight excluding hydrogens is 767 g/mol. The van der Waals surface area contributed by atoms with Crippen LogP contribution in [0.3, 0.4) is 0 Å². The van der Waals surface area contributed by atoms with Gasteiger partial charge in [-0.25, -0.2) is 4.98 Å². The number of aryl methyl sites for hydroxylation is 1. The van der Waals surface area contributed by atoms with Gasteiger partial charge in [0, 0.05) is 20.1 Å². The van der Waals surface area contributed by atoms with Gasteiger partial charge < -0.3 is 5.11 Å². The van der Waals surface area contributed by atoms with Crippen molar-refractivity contribution in [2.45, 2.75) is 112 Å². The van der Waals surface area contributed by atoms with Gasteiger partial charge in [0.1, 0.15) is 11.6 Å². The summed E-state index contributed by atoms with van der Waals surface area (Å²) < 4.78 is 62.2. The molecule has 6 aromatic carbocycles. The third-order valence-electron chi connectivity index (χ3n) is 12.2. The van der Waals surface area contributed by atoms with Crippen molar-refractivity contribution in [3.8, 4) is 67.5 Å². The summed E-state index contributed by atoms with van der Waals surface area (Å²) in [5.41, 5.74) is 14.0. The van der Waals surface area contributed by atoms with E-state index in [1.165, 1.54) is 0 Å². The maximum atomic E-state index is 12.3. The summed E-state index contributed by atoms with van der Waals surface area (Å²) in [4.78, 5) is 10.3. The van der Waals surface area contributed by atoms with Crippen molar-refractivity contribution in [2.75, 3.05) is 0 Å². The molecule has 0 saturated heterocycles. The molecule has 4 heteroatoms. The number of aromatic nitrogens is 3. The first-order valence-corrected chi connectivity index (χ1v) is 22.0. The molecule has 0 unspecified atom stereocenters. The van der Waals surface area contributed by atoms with Gasteiger partial charge in [0.25, 0.3) is 0 Å². The highest BCUT2D eigenvalue weighted by molar-refractivity contribution is 5.97. The Labute approximate surface area is 385 Å². The second kappa shape index (κ2) is 17.1. The average molecular weight is 837 g/mol. The number of hydrogen-bond donors (Lipinski definition) is 1. The van der Waals surface area contributed by atoms with Gasteiger partial charge in [-0.2, -0.15) is 0 Å². The quantitative estimate of drug-likeness (QED) is 0.149. The molecule has 4 nitrogen and oxygen atoms in total. The normalized spacial score (nSPS) is 14.0. The Hall–Kier alpha value is -6.26. The number of rotatable bonds is 10. The van der Waals surface area contributed by atoms with E-state index in [1.807, 2.05) is 39.8 Å². The first kappa shape index (κ1) is 35.2. The predicted octanol–water partition coefficient (Wildman–Crippen LogP) is 16.6. The van der Waals surface area contributed by atoms with Crippen LogP contribution in [0, 0.1) is 6.92 Å². The first-order chi connectivity index (χ1) is 32.6. The number of aromatic hydroxyl groups is 1. The summed E-state index contributed by atoms with van der Waals surface area (Å²) in [5, 5.41) is 12.3. The van der Waals surface area contributed by atoms with Crippen molar-refractivity contribution in [3.63, 3.8) is 0 Å². The van der Waals surface area contributed by atoms with E-state index in [-0.39, 0.29) is 40.6 Å². The van der Waals surface area contributed by atoms with Gasteiger partial charge in [0.15, 0.2) is 0 Å². The molecule has 320 valence electrons. The molecular formula is C59H63N3O. The van der Waals surface area contributed by atoms with Crippen molar-refractivity contribution < 1.29 is 14.7 Å². The number of phenols is 1. The van der Waals surface area contributed by atoms with Crippen LogP contribution >= 0.6 is 0 Å². The second-order valence-corrected chi connectivity index (χ2v) is 19.0. The number of fused-ring (bicyclic) bond motifs is 1. The summed E-state index contributed by atoms with van der Waals surface area (Å²) in [6, 6.07) is 30.8. The Bertz CT molecular complexity index is 3310. The van der Waals surface area contributed by atoms with Gasteiger partial charge in [-0.1, -0.05) is 155 Å². The molecule has 0 spiro atoms. The molecule has 8 rings (SSSR count). The largest absolute Gasteiger partial charge is 0.507 e. The zero-order valence-electron chi connectivity index (χ0n) is 45.8. The number of pyridine rings is 1. The Morgan fingerprint density at radius 1 is 0.619 bits per heavy atom. The number of hydrogen-bond acceptors (Lipinski definition) is 3. The minimum atomic E-state index is -0.865. The van der Waals surface area contributed by atoms with Crippen LogP contribution in [0.5, 0.6) is 5.75 Å². The molecule has 0 aliphatic heterocycles. The van der Waals surface area contributed by atoms with Gasteiger partial charge in [-0.3, -0.25) is 9.55 Å². The van der Waals surface area contributed by atoms with Gasteiger partial charge in [0.2, 0.25) is 0 Å². The number of para-hydroxylation sites is 1. The molecule has 0 aliphatic carbocycles. The number of nitrogens with zero attached hydrogens (tertiary/aromatic N) is 3. The fourth-order valence-corrected chi connectivity index (χ4v) is 8.34. The Morgan fingerprint density at radius 3 is 1.94 bits per heavy atom. The molecule has 1 N–H and O–H groups in total. The molecule has 0 amide bonds. The van der Waals surface area contributed by atoms with Crippen LogP contribution < -0.4 is 0 Å². The summed E-state index contributed by atoms with van der Waals surface area (Å²) in [6.45, 7) is 24.5. The third-order valence-corrected chi connectivity index (χ3v) is 12.2. The minimum Gasteiger partial charge on any atom is -0.507 e. The first-order valence-electron chi connectivity index (χ1n) is 25.5. The van der Waals surface area contributed by atoms with E-state index in [0.29, 0.717) is 22.6 Å². The maximum absolute atomic E-state index is 12.3. The summed E-state index contributed by atoms with van der Waals surface area (Å²) in [6.07, 6.45) is 1.61. The van der Waals surface area contributed by atoms with Crippen molar-refractivity contribution in [3.05, 3.63) is 167 Å². The Kier molecular flexibility index (Phi) is 9.58. The molecule has 0 atom stereocenters. The average Bonchev–Trinajstić information content (AvgIpc) is 3.68. The van der Waals surface area contributed by atoms with Gasteiger partial charge in [0.05, 0.1) is 34.8 Å². The third kappa shape index (κ3) is 8.61. The molecule has 0 saturated carbocycles. The van der Waals surface area contributed by atoms with E-state index in [2.05, 4.69) is 133 Å². The maximum Gasteiger partial charge on any atom is 0.149 e. The van der Waals surface area contributed by atoms with E-state index in [9.17, 15) is 5.11 Å². The lowest BCUT2D eigenvalue weighted by Crippen LogP contribution is -2.11. The van der Waals surface area contributed by atoms with Crippen LogP contribution in [0.2, 0.25) is 0 Å². The molecule has 63 heavy (non-hydrogen) atoms. The summed E-state index contributed by atoms with van der Waals surface area (Å²) in [5.74, 6) is -0.722. The number of imidazole rings is 1. The monoisotopic (exact) mass is 837 g/mol. The lowest BCUT2D eigenvalue weighted by Gasteiger charge is -2.22. The highest BCUT2D eigenvalue weighted by atomic mass is 16.3. The zero-order valence-corrected chi connectivity index (χ0v) is 38.8. The zero-order chi connectivity index (χ0) is 51.1. The van der Waals surface area contributed by atoms with Crippen molar-refractivity contribution in [2.24, 2.45) is 0 Å². The summed E-state index contributed by atoms with van der Waals surface area (Å²) >= 11 is 0. The highest BCUT2D eigenvalue weighted by Crippen LogP contribution is 2.44. The molecule has 0 fully saturated rings. The molecule has 2 heterocycles. The van der Waals surface area contributed by atoms with Gasteiger partial charge in [-0.05, 0) is 146 Å². The summed E-state index contributed by atoms with van der Waals surface area (Å²) in [7, 11) is 0. The van der Waals surface area contributed by atoms with Gasteiger partial charge in [-0.15, -0.1) is 0 Å². The van der Waals surface area contributed by atoms with Crippen LogP contribution in [-0.2, 0) is 5.41 Å². The van der Waals surface area contributed by atoms with Crippen molar-refractivity contribution in [1.29, 1.82) is 0 Å². The smallest absolute Gasteiger partial charge is 0.149 e. The standard InChI is InChI=1S/C59H63N3O/c1-35(2)43-26-44(36(3)4)28-46(27-43)41-21-22-54(39(9)25-41)62-55-20-16-19-50(56(55)61-58(62)52-33-45(37(5)6)32-51(38(7)8)57(52)63)47-29-48(31-49(30-47)59(10,11)12)53-34-42(23-24-60-53)40-17-14-13-15-18-40/h13-38,63H,1-12H3/i13D,14D,15D,17D,18D,35D,36D. The second-order valence-electron chi connectivity index (χ2n) is 19.0. The fraction of sp³-hybridized carbons (Fsp3) is 0.288. The lowest BCUT2D eigenvalue weighted by molar-refractivity contribution is 0.466. The SMILES string of the molecule is [2H]c1c([2H])c([2H])c(-c2ccnc(-c3cc(-c4cccc5c4nc(-c4cc(C(C)C)cc(C(C)C)c4O)n5-c4ccc(-c5cc(C([2H])(C)C)cc(C([2H])(C)C)c5)cc4C)cc(C(C)(C)C)c3)c2)c([2H])c1[2H]. The topological polar surface area (TPSA) is 50.9 Å². The van der Waals surface area contributed by atoms with E-state index < -0.39 is 29.9 Å². The van der Waals surface area contributed by atoms with Crippen LogP contribution in [0.4, 0.5) is 0 Å². The Balaban J connectivity index is 1.39. The predicted molar refractivity (Wildman–Crippen MR) is 268 cm³/mol. The number of phenolic OH excluding ortho intramolecular Hbond substituents is 1. The molecule has 0 radical (unpaired) electrons. The Morgan fingerprint density at radius 2 is 1.30 bits per heavy atom. The molecule has 0 aliphatic rings. The molecule has 0 bridgehead atoms. The number of benzene rings is 6. The van der Waals surface area contributed by atoms with E-state index in [1.54, 1.807) is 18.3 Å². The van der Waals surface area contributed by atoms with Gasteiger partial charge >= 0.3 is 0 Å². The van der Waals surface area contributed by atoms with Crippen LogP contribution in [-0.4, -0.2) is 19.6 Å². The van der Waals surface area contributed by atoms with E-state index >= 15 is 0 Å². The van der Waals surface area contributed by atoms with Crippen molar-refractivity contribution in [1.82, 2.24) is 14.5 Å². The lowest BCUT2D eigenvalue weighted by atomic mass is 9.83. The van der Waals surface area contributed by atoms with Crippen LogP contribution in [0.1, 0.15) is 143 Å².